The van der Waals surface area contributed by atoms with Crippen molar-refractivity contribution in [2.45, 2.75) is 0 Å². The van der Waals surface area contributed by atoms with Crippen LogP contribution < -0.4 is 19.6 Å². The van der Waals surface area contributed by atoms with Crippen molar-refractivity contribution in [2.75, 3.05) is 20.8 Å². The lowest BCUT2D eigenvalue weighted by atomic mass is 10.2. The van der Waals surface area contributed by atoms with Crippen molar-refractivity contribution in [1.82, 2.24) is 5.43 Å². The van der Waals surface area contributed by atoms with Gasteiger partial charge < -0.3 is 18.6 Å². The lowest BCUT2D eigenvalue weighted by molar-refractivity contribution is 0.0929. The maximum absolute atomic E-state index is 12.3. The molecule has 0 radical (unpaired) electrons. The molecule has 3 aromatic rings. The normalized spacial score (nSPS) is 10.7. The molecule has 0 aliphatic carbocycles. The quantitative estimate of drug-likeness (QED) is 0.426. The van der Waals surface area contributed by atoms with Crippen LogP contribution in [-0.2, 0) is 0 Å². The van der Waals surface area contributed by atoms with Crippen LogP contribution in [-0.4, -0.2) is 32.9 Å². The molecular weight excluding hydrogens is 442 g/mol. The molecular formula is C20H16BrN3O5. The van der Waals surface area contributed by atoms with Gasteiger partial charge in [0.2, 0.25) is 0 Å². The minimum absolute atomic E-state index is 0.0846. The molecule has 0 fully saturated rings. The topological polar surface area (TPSA) is 106 Å². The van der Waals surface area contributed by atoms with Crippen molar-refractivity contribution < 1.29 is 23.4 Å². The van der Waals surface area contributed by atoms with Crippen molar-refractivity contribution in [3.8, 4) is 23.3 Å². The Bertz CT molecular complexity index is 1120. The second-order valence-corrected chi connectivity index (χ2v) is 6.61. The minimum Gasteiger partial charge on any atom is -0.493 e. The average molecular weight is 458 g/mol. The highest BCUT2D eigenvalue weighted by molar-refractivity contribution is 9.10. The van der Waals surface area contributed by atoms with Crippen molar-refractivity contribution >= 4 is 39.0 Å². The summed E-state index contributed by atoms with van der Waals surface area (Å²) in [5, 5.41) is 13.3. The summed E-state index contributed by atoms with van der Waals surface area (Å²) in [4.78, 5) is 12.3. The Morgan fingerprint density at radius 3 is 2.72 bits per heavy atom. The van der Waals surface area contributed by atoms with Crippen LogP contribution in [0.1, 0.15) is 16.1 Å². The van der Waals surface area contributed by atoms with Gasteiger partial charge in [0.25, 0.3) is 0 Å². The van der Waals surface area contributed by atoms with Gasteiger partial charge in [-0.05, 0) is 42.0 Å². The van der Waals surface area contributed by atoms with Gasteiger partial charge in [0.15, 0.2) is 35.2 Å². The molecule has 0 saturated carbocycles. The van der Waals surface area contributed by atoms with Crippen molar-refractivity contribution in [2.24, 2.45) is 5.10 Å². The van der Waals surface area contributed by atoms with Crippen LogP contribution in [0.15, 0.2) is 50.4 Å². The third kappa shape index (κ3) is 4.67. The van der Waals surface area contributed by atoms with E-state index in [1.54, 1.807) is 30.3 Å². The van der Waals surface area contributed by atoms with Crippen LogP contribution >= 0.6 is 15.9 Å². The van der Waals surface area contributed by atoms with E-state index in [1.807, 2.05) is 12.1 Å². The number of fused-ring (bicyclic) bond motifs is 1. The summed E-state index contributed by atoms with van der Waals surface area (Å²) in [6.07, 6.45) is 1.45. The summed E-state index contributed by atoms with van der Waals surface area (Å²) < 4.78 is 22.2. The molecule has 2 aromatic carbocycles. The Morgan fingerprint density at radius 1 is 1.21 bits per heavy atom. The number of rotatable bonds is 7. The summed E-state index contributed by atoms with van der Waals surface area (Å²) >= 11 is 3.39. The summed E-state index contributed by atoms with van der Waals surface area (Å²) in [5.74, 6) is 1.01. The van der Waals surface area contributed by atoms with Crippen LogP contribution in [0.2, 0.25) is 0 Å². The third-order valence-electron chi connectivity index (χ3n) is 3.85. The Labute approximate surface area is 174 Å². The van der Waals surface area contributed by atoms with E-state index in [2.05, 4.69) is 26.5 Å². The second kappa shape index (κ2) is 9.12. The van der Waals surface area contributed by atoms with Gasteiger partial charge in [-0.3, -0.25) is 4.79 Å². The van der Waals surface area contributed by atoms with E-state index in [-0.39, 0.29) is 12.4 Å². The highest BCUT2D eigenvalue weighted by Gasteiger charge is 2.15. The fraction of sp³-hybridized carbons (Fsp3) is 0.150. The number of amides is 1. The monoisotopic (exact) mass is 457 g/mol. The van der Waals surface area contributed by atoms with E-state index in [1.165, 1.54) is 20.4 Å². The number of hydrazone groups is 1. The predicted octanol–water partition coefficient (Wildman–Crippen LogP) is 3.88. The minimum atomic E-state index is -0.503. The van der Waals surface area contributed by atoms with Gasteiger partial charge in [-0.15, -0.1) is 0 Å². The molecule has 0 bridgehead atoms. The van der Waals surface area contributed by atoms with Gasteiger partial charge in [0.1, 0.15) is 6.07 Å². The second-order valence-electron chi connectivity index (χ2n) is 5.69. The standard InChI is InChI=1S/C20H16BrN3O5/c1-26-16-7-12(3-4-15(16)28-6-5-22)11-23-24-20(25)18-9-13-8-14(21)10-17(27-2)19(13)29-18/h3-4,7-11H,6H2,1-2H3,(H,24,25)/b23-11-. The zero-order chi connectivity index (χ0) is 20.8. The number of nitrogens with one attached hydrogen (secondary N) is 1. The number of nitriles is 1. The van der Waals surface area contributed by atoms with Gasteiger partial charge >= 0.3 is 5.91 Å². The van der Waals surface area contributed by atoms with Crippen LogP contribution in [0, 0.1) is 11.3 Å². The fourth-order valence-corrected chi connectivity index (χ4v) is 3.02. The molecule has 0 atom stereocenters. The van der Waals surface area contributed by atoms with Gasteiger partial charge in [0.05, 0.1) is 20.4 Å². The van der Waals surface area contributed by atoms with Crippen LogP contribution in [0.4, 0.5) is 0 Å². The Balaban J connectivity index is 1.73. The fourth-order valence-electron chi connectivity index (χ4n) is 2.56. The maximum atomic E-state index is 12.3. The molecule has 1 N–H and O–H groups in total. The number of ether oxygens (including phenoxy) is 3. The molecule has 0 saturated heterocycles. The molecule has 29 heavy (non-hydrogen) atoms. The maximum Gasteiger partial charge on any atom is 0.307 e. The number of benzene rings is 2. The number of hydrogen-bond acceptors (Lipinski definition) is 7. The number of halogens is 1. The summed E-state index contributed by atoms with van der Waals surface area (Å²) in [6, 6.07) is 12.1. The van der Waals surface area contributed by atoms with Crippen LogP contribution in [0.5, 0.6) is 17.2 Å². The molecule has 8 nitrogen and oxygen atoms in total. The van der Waals surface area contributed by atoms with Crippen molar-refractivity contribution in [3.63, 3.8) is 0 Å². The van der Waals surface area contributed by atoms with E-state index in [0.29, 0.717) is 28.4 Å². The largest absolute Gasteiger partial charge is 0.493 e. The Morgan fingerprint density at radius 2 is 2.00 bits per heavy atom. The number of methoxy groups -OCH3 is 2. The van der Waals surface area contributed by atoms with Gasteiger partial charge in [-0.25, -0.2) is 5.43 Å². The molecule has 1 heterocycles. The molecule has 0 unspecified atom stereocenters. The average Bonchev–Trinajstić information content (AvgIpc) is 3.16. The van der Waals surface area contributed by atoms with Crippen LogP contribution in [0.25, 0.3) is 11.0 Å². The van der Waals surface area contributed by atoms with E-state index in [0.717, 1.165) is 9.86 Å². The SMILES string of the molecule is COc1cc(/C=N\NC(=O)c2cc3cc(Br)cc(OC)c3o2)ccc1OCC#N. The van der Waals surface area contributed by atoms with Crippen molar-refractivity contribution in [1.29, 1.82) is 5.26 Å². The van der Waals surface area contributed by atoms with E-state index >= 15 is 0 Å². The van der Waals surface area contributed by atoms with Gasteiger partial charge in [-0.1, -0.05) is 15.9 Å². The first-order valence-corrected chi connectivity index (χ1v) is 9.13. The summed E-state index contributed by atoms with van der Waals surface area (Å²) in [5.41, 5.74) is 3.56. The molecule has 9 heteroatoms. The molecule has 3 rings (SSSR count). The summed E-state index contributed by atoms with van der Waals surface area (Å²) in [7, 11) is 3.02. The first-order chi connectivity index (χ1) is 14.0. The zero-order valence-corrected chi connectivity index (χ0v) is 17.1. The lowest BCUT2D eigenvalue weighted by Gasteiger charge is -2.08. The highest BCUT2D eigenvalue weighted by Crippen LogP contribution is 2.32. The summed E-state index contributed by atoms with van der Waals surface area (Å²) in [6.45, 7) is -0.0846. The number of nitrogens with zero attached hydrogens (tertiary/aromatic N) is 2. The highest BCUT2D eigenvalue weighted by atomic mass is 79.9. The lowest BCUT2D eigenvalue weighted by Crippen LogP contribution is -2.16. The molecule has 1 amide bonds. The smallest absolute Gasteiger partial charge is 0.307 e. The molecule has 0 spiro atoms. The van der Waals surface area contributed by atoms with Gasteiger partial charge in [-0.2, -0.15) is 10.4 Å². The van der Waals surface area contributed by atoms with E-state index in [4.69, 9.17) is 23.9 Å². The van der Waals surface area contributed by atoms with Gasteiger partial charge in [0, 0.05) is 9.86 Å². The predicted molar refractivity (Wildman–Crippen MR) is 110 cm³/mol. The molecule has 1 aromatic heterocycles. The first-order valence-electron chi connectivity index (χ1n) is 8.34. The first kappa shape index (κ1) is 20.2. The zero-order valence-electron chi connectivity index (χ0n) is 15.6. The molecule has 0 aliphatic rings. The Kier molecular flexibility index (Phi) is 6.36. The number of carbonyl (C=O) groups is 1. The van der Waals surface area contributed by atoms with E-state index < -0.39 is 5.91 Å². The third-order valence-corrected chi connectivity index (χ3v) is 4.31. The van der Waals surface area contributed by atoms with Crippen LogP contribution in [0.3, 0.4) is 0 Å². The molecule has 148 valence electrons. The molecule has 0 aliphatic heterocycles. The number of hydrogen-bond donors (Lipinski definition) is 1. The van der Waals surface area contributed by atoms with E-state index in [9.17, 15) is 4.79 Å². The number of carbonyl (C=O) groups excluding carboxylic acids is 1. The number of furan rings is 1. The van der Waals surface area contributed by atoms with Crippen molar-refractivity contribution in [3.05, 3.63) is 52.2 Å². The Hall–Kier alpha value is -3.51.